The second-order valence-electron chi connectivity index (χ2n) is 3.98. The average Bonchev–Trinajstić information content (AvgIpc) is 2.26. The molecular weight excluding hydrogens is 296 g/mol. The standard InChI is InChI=1S/C14H17BrOS/c1-11(15)10-14(17-12(2)16)9-8-13-6-4-3-5-7-13/h3-7,14H,1,8-10H2,2H3. The molecule has 1 rings (SSSR count). The third-order valence-electron chi connectivity index (χ3n) is 2.38. The van der Waals surface area contributed by atoms with Crippen molar-refractivity contribution >= 4 is 32.8 Å². The number of hydrogen-bond acceptors (Lipinski definition) is 2. The molecular formula is C14H17BrOS. The fourth-order valence-corrected chi connectivity index (χ4v) is 3.25. The monoisotopic (exact) mass is 312 g/mol. The summed E-state index contributed by atoms with van der Waals surface area (Å²) in [6, 6.07) is 10.4. The van der Waals surface area contributed by atoms with Crippen LogP contribution in [0.2, 0.25) is 0 Å². The quantitative estimate of drug-likeness (QED) is 0.765. The van der Waals surface area contributed by atoms with Crippen LogP contribution in [0.15, 0.2) is 41.4 Å². The molecule has 0 bridgehead atoms. The van der Waals surface area contributed by atoms with Crippen LogP contribution in [-0.4, -0.2) is 10.4 Å². The van der Waals surface area contributed by atoms with Gasteiger partial charge in [0.25, 0.3) is 0 Å². The molecule has 92 valence electrons. The number of aryl methyl sites for hydroxylation is 1. The molecule has 1 unspecified atom stereocenters. The largest absolute Gasteiger partial charge is 0.288 e. The number of rotatable bonds is 6. The lowest BCUT2D eigenvalue weighted by Gasteiger charge is -2.14. The molecule has 3 heteroatoms. The maximum absolute atomic E-state index is 11.2. The molecule has 0 radical (unpaired) electrons. The van der Waals surface area contributed by atoms with Crippen LogP contribution in [-0.2, 0) is 11.2 Å². The molecule has 0 amide bonds. The van der Waals surface area contributed by atoms with Crippen molar-refractivity contribution in [2.24, 2.45) is 0 Å². The van der Waals surface area contributed by atoms with E-state index in [0.717, 1.165) is 23.7 Å². The first-order valence-corrected chi connectivity index (χ1v) is 7.29. The van der Waals surface area contributed by atoms with E-state index in [-0.39, 0.29) is 5.12 Å². The molecule has 1 aromatic rings. The van der Waals surface area contributed by atoms with Crippen molar-refractivity contribution in [2.75, 3.05) is 0 Å². The Kier molecular flexibility index (Phi) is 6.60. The van der Waals surface area contributed by atoms with Crippen molar-refractivity contribution in [3.05, 3.63) is 47.0 Å². The van der Waals surface area contributed by atoms with E-state index in [1.165, 1.54) is 17.3 Å². The maximum Gasteiger partial charge on any atom is 0.186 e. The molecule has 0 saturated heterocycles. The lowest BCUT2D eigenvalue weighted by atomic mass is 10.1. The minimum absolute atomic E-state index is 0.178. The Morgan fingerprint density at radius 3 is 2.59 bits per heavy atom. The highest BCUT2D eigenvalue weighted by Crippen LogP contribution is 2.26. The van der Waals surface area contributed by atoms with Crippen LogP contribution >= 0.6 is 27.7 Å². The summed E-state index contributed by atoms with van der Waals surface area (Å²) in [7, 11) is 0. The van der Waals surface area contributed by atoms with Crippen LogP contribution in [0.4, 0.5) is 0 Å². The van der Waals surface area contributed by atoms with Crippen LogP contribution in [0.3, 0.4) is 0 Å². The number of carbonyl (C=O) groups excluding carboxylic acids is 1. The fraction of sp³-hybridized carbons (Fsp3) is 0.357. The van der Waals surface area contributed by atoms with Gasteiger partial charge in [-0.05, 0) is 29.3 Å². The Hall–Kier alpha value is -0.540. The van der Waals surface area contributed by atoms with E-state index in [9.17, 15) is 4.79 Å². The van der Waals surface area contributed by atoms with E-state index in [1.54, 1.807) is 6.92 Å². The Labute approximate surface area is 116 Å². The maximum atomic E-state index is 11.2. The number of halogens is 1. The van der Waals surface area contributed by atoms with Crippen LogP contribution in [0, 0.1) is 0 Å². The molecule has 0 aliphatic heterocycles. The fourth-order valence-electron chi connectivity index (χ4n) is 1.66. The van der Waals surface area contributed by atoms with Gasteiger partial charge in [0.2, 0.25) is 0 Å². The predicted molar refractivity (Wildman–Crippen MR) is 79.5 cm³/mol. The first kappa shape index (κ1) is 14.5. The van der Waals surface area contributed by atoms with Gasteiger partial charge < -0.3 is 0 Å². The summed E-state index contributed by atoms with van der Waals surface area (Å²) in [5.41, 5.74) is 1.32. The van der Waals surface area contributed by atoms with Gasteiger partial charge in [-0.15, -0.1) is 0 Å². The van der Waals surface area contributed by atoms with E-state index in [0.29, 0.717) is 5.25 Å². The van der Waals surface area contributed by atoms with Gasteiger partial charge in [-0.2, -0.15) is 0 Å². The molecule has 1 atom stereocenters. The third-order valence-corrected chi connectivity index (χ3v) is 3.77. The molecule has 1 aromatic carbocycles. The lowest BCUT2D eigenvalue weighted by molar-refractivity contribution is -0.109. The van der Waals surface area contributed by atoms with Crippen molar-refractivity contribution < 1.29 is 4.79 Å². The highest BCUT2D eigenvalue weighted by atomic mass is 79.9. The second-order valence-corrected chi connectivity index (χ2v) is 6.58. The minimum Gasteiger partial charge on any atom is -0.288 e. The van der Waals surface area contributed by atoms with Crippen molar-refractivity contribution in [3.63, 3.8) is 0 Å². The zero-order valence-corrected chi connectivity index (χ0v) is 12.4. The lowest BCUT2D eigenvalue weighted by Crippen LogP contribution is -2.07. The molecule has 0 fully saturated rings. The van der Waals surface area contributed by atoms with Gasteiger partial charge in [0, 0.05) is 12.2 Å². The summed E-state index contributed by atoms with van der Waals surface area (Å²) in [6.45, 7) is 5.47. The number of thioether (sulfide) groups is 1. The smallest absolute Gasteiger partial charge is 0.186 e. The van der Waals surface area contributed by atoms with Gasteiger partial charge in [0.15, 0.2) is 5.12 Å². The first-order chi connectivity index (χ1) is 8.08. The highest BCUT2D eigenvalue weighted by molar-refractivity contribution is 9.11. The predicted octanol–water partition coefficient (Wildman–Crippen LogP) is 4.57. The summed E-state index contributed by atoms with van der Waals surface area (Å²) < 4.78 is 0.962. The molecule has 0 aromatic heterocycles. The van der Waals surface area contributed by atoms with Crippen LogP contribution < -0.4 is 0 Å². The van der Waals surface area contributed by atoms with E-state index in [1.807, 2.05) is 18.2 Å². The number of allylic oxidation sites excluding steroid dienone is 1. The van der Waals surface area contributed by atoms with Gasteiger partial charge in [0.05, 0.1) is 0 Å². The van der Waals surface area contributed by atoms with Gasteiger partial charge in [-0.1, -0.05) is 64.6 Å². The zero-order chi connectivity index (χ0) is 12.7. The summed E-state index contributed by atoms with van der Waals surface area (Å²) in [5, 5.41) is 0.497. The topological polar surface area (TPSA) is 17.1 Å². The van der Waals surface area contributed by atoms with Crippen molar-refractivity contribution in [2.45, 2.75) is 31.4 Å². The normalized spacial score (nSPS) is 12.1. The molecule has 0 saturated carbocycles. The molecule has 17 heavy (non-hydrogen) atoms. The molecule has 1 nitrogen and oxygen atoms in total. The van der Waals surface area contributed by atoms with Crippen LogP contribution in [0.5, 0.6) is 0 Å². The van der Waals surface area contributed by atoms with Crippen LogP contribution in [0.25, 0.3) is 0 Å². The summed E-state index contributed by atoms with van der Waals surface area (Å²) in [6.07, 6.45) is 2.85. The van der Waals surface area contributed by atoms with E-state index >= 15 is 0 Å². The number of benzene rings is 1. The second kappa shape index (κ2) is 7.72. The molecule has 0 spiro atoms. The first-order valence-electron chi connectivity index (χ1n) is 5.62. The van der Waals surface area contributed by atoms with Gasteiger partial charge in [-0.25, -0.2) is 0 Å². The van der Waals surface area contributed by atoms with Crippen molar-refractivity contribution in [3.8, 4) is 0 Å². The Bertz CT molecular complexity index is 359. The molecule has 0 aliphatic carbocycles. The summed E-state index contributed by atoms with van der Waals surface area (Å²) >= 11 is 4.79. The highest BCUT2D eigenvalue weighted by Gasteiger charge is 2.12. The minimum atomic E-state index is 0.178. The van der Waals surface area contributed by atoms with Gasteiger partial charge >= 0.3 is 0 Å². The molecule has 0 aliphatic rings. The van der Waals surface area contributed by atoms with E-state index < -0.39 is 0 Å². The van der Waals surface area contributed by atoms with Crippen molar-refractivity contribution in [1.29, 1.82) is 0 Å². The van der Waals surface area contributed by atoms with Crippen molar-refractivity contribution in [1.82, 2.24) is 0 Å². The Morgan fingerprint density at radius 2 is 2.06 bits per heavy atom. The van der Waals surface area contributed by atoms with Gasteiger partial charge in [0.1, 0.15) is 0 Å². The molecule has 0 heterocycles. The molecule has 0 N–H and O–H groups in total. The Morgan fingerprint density at radius 1 is 1.41 bits per heavy atom. The Balaban J connectivity index is 2.48. The average molecular weight is 313 g/mol. The zero-order valence-electron chi connectivity index (χ0n) is 9.99. The third kappa shape index (κ3) is 6.69. The van der Waals surface area contributed by atoms with Crippen LogP contribution in [0.1, 0.15) is 25.3 Å². The van der Waals surface area contributed by atoms with E-state index in [4.69, 9.17) is 0 Å². The summed E-state index contributed by atoms with van der Waals surface area (Å²) in [5.74, 6) is 0. The SMILES string of the molecule is C=C(Br)CC(CCc1ccccc1)SC(C)=O. The summed E-state index contributed by atoms with van der Waals surface area (Å²) in [4.78, 5) is 11.2. The number of hydrogen-bond donors (Lipinski definition) is 0. The van der Waals surface area contributed by atoms with E-state index in [2.05, 4.69) is 34.6 Å². The van der Waals surface area contributed by atoms with Gasteiger partial charge in [-0.3, -0.25) is 4.79 Å². The number of carbonyl (C=O) groups is 1.